The quantitative estimate of drug-likeness (QED) is 0.341. The maximum absolute atomic E-state index is 14.5. The molecule has 4 atom stereocenters. The van der Waals surface area contributed by atoms with E-state index in [-0.39, 0.29) is 23.7 Å². The summed E-state index contributed by atoms with van der Waals surface area (Å²) in [4.78, 5) is 40.7. The van der Waals surface area contributed by atoms with Gasteiger partial charge < -0.3 is 29.3 Å². The molecule has 2 aromatic carbocycles. The van der Waals surface area contributed by atoms with E-state index < -0.39 is 29.5 Å². The van der Waals surface area contributed by atoms with Crippen molar-refractivity contribution < 1.29 is 37.3 Å². The van der Waals surface area contributed by atoms with Gasteiger partial charge in [0.25, 0.3) is 0 Å². The minimum atomic E-state index is -4.54. The average Bonchev–Trinajstić information content (AvgIpc) is 3.73. The number of amides is 1. The Labute approximate surface area is 277 Å². The minimum absolute atomic E-state index is 0.0337. The van der Waals surface area contributed by atoms with Gasteiger partial charge in [-0.05, 0) is 54.3 Å². The maximum atomic E-state index is 14.5. The zero-order valence-corrected chi connectivity index (χ0v) is 27.0. The number of anilines is 2. The number of carbonyl (C=O) groups is 2. The molecule has 3 saturated heterocycles. The number of rotatable bonds is 9. The topological polar surface area (TPSA) is 108 Å². The smallest absolute Gasteiger partial charge is 0.416 e. The van der Waals surface area contributed by atoms with E-state index in [2.05, 4.69) is 9.97 Å². The van der Waals surface area contributed by atoms with Crippen LogP contribution < -0.4 is 14.5 Å². The number of carbonyl (C=O) groups excluding carboxylic acids is 1. The third-order valence-corrected chi connectivity index (χ3v) is 10.1. The number of alkyl halides is 3. The first-order valence-electron chi connectivity index (χ1n) is 16.2. The lowest BCUT2D eigenvalue weighted by Crippen LogP contribution is -2.38. The number of ether oxygens (including phenoxy) is 2. The molecule has 256 valence electrons. The van der Waals surface area contributed by atoms with Gasteiger partial charge in [0.05, 0.1) is 31.1 Å². The highest BCUT2D eigenvalue weighted by Gasteiger charge is 2.46. The van der Waals surface area contributed by atoms with Crippen LogP contribution in [0, 0.1) is 17.8 Å². The van der Waals surface area contributed by atoms with E-state index in [0.29, 0.717) is 81.7 Å². The third kappa shape index (κ3) is 6.92. The highest BCUT2D eigenvalue weighted by molar-refractivity contribution is 5.82. The van der Waals surface area contributed by atoms with E-state index in [1.54, 1.807) is 32.7 Å². The van der Waals surface area contributed by atoms with Crippen molar-refractivity contribution in [1.82, 2.24) is 14.9 Å². The van der Waals surface area contributed by atoms with E-state index in [1.807, 2.05) is 39.0 Å². The molecule has 6 rings (SSSR count). The predicted molar refractivity (Wildman–Crippen MR) is 172 cm³/mol. The molecule has 3 aliphatic rings. The van der Waals surface area contributed by atoms with Crippen LogP contribution in [0.1, 0.15) is 41.4 Å². The molecule has 4 heterocycles. The van der Waals surface area contributed by atoms with Crippen LogP contribution in [0.25, 0.3) is 0 Å². The normalized spacial score (nSPS) is 23.5. The number of hydrogen-bond acceptors (Lipinski definition) is 8. The van der Waals surface area contributed by atoms with Crippen LogP contribution in [-0.2, 0) is 20.5 Å². The molecule has 3 aromatic rings. The Morgan fingerprint density at radius 2 is 1.62 bits per heavy atom. The highest BCUT2D eigenvalue weighted by Crippen LogP contribution is 2.44. The van der Waals surface area contributed by atoms with Gasteiger partial charge in [0, 0.05) is 82.2 Å². The number of halogens is 3. The second-order valence-corrected chi connectivity index (χ2v) is 12.9. The van der Waals surface area contributed by atoms with Crippen molar-refractivity contribution >= 4 is 23.5 Å². The molecule has 0 aliphatic carbocycles. The number of methoxy groups -OCH3 is 2. The van der Waals surface area contributed by atoms with Crippen LogP contribution in [0.15, 0.2) is 60.9 Å². The summed E-state index contributed by atoms with van der Waals surface area (Å²) in [5, 5.41) is 9.50. The van der Waals surface area contributed by atoms with Gasteiger partial charge in [0.2, 0.25) is 11.9 Å². The van der Waals surface area contributed by atoms with Crippen molar-refractivity contribution in [3.05, 3.63) is 77.6 Å². The van der Waals surface area contributed by atoms with Crippen molar-refractivity contribution in [1.29, 1.82) is 0 Å². The van der Waals surface area contributed by atoms with Gasteiger partial charge in [-0.25, -0.2) is 9.97 Å². The number of carboxylic acid groups (broad SMARTS) is 1. The number of aliphatic carboxylic acids is 1. The molecule has 0 saturated carbocycles. The van der Waals surface area contributed by atoms with Crippen LogP contribution in [0.5, 0.6) is 5.75 Å². The standard InChI is InChI=1S/C35H40F3N5O5/c1-47-21-24-17-42(18-29(24)27-9-6-25(35(36,37)38)16-31(27)41-14-10-23(11-15-41)33(45)46)32(44)30-20-43(34-39-12-3-13-40-34)19-28(30)22-4-7-26(48-2)8-5-22/h3-9,12-13,16,23-24,28-30H,10-11,14-15,17-21H2,1-2H3,(H,45,46)/t24-,28+,29+,30-/m1/s1. The maximum Gasteiger partial charge on any atom is 0.416 e. The molecule has 13 heteroatoms. The fourth-order valence-corrected chi connectivity index (χ4v) is 7.56. The zero-order chi connectivity index (χ0) is 34.0. The Bertz CT molecular complexity index is 1580. The number of nitrogens with zero attached hydrogens (tertiary/aromatic N) is 5. The van der Waals surface area contributed by atoms with E-state index in [1.165, 1.54) is 12.1 Å². The second-order valence-electron chi connectivity index (χ2n) is 12.9. The number of piperidine rings is 1. The highest BCUT2D eigenvalue weighted by atomic mass is 19.4. The third-order valence-electron chi connectivity index (χ3n) is 10.1. The number of likely N-dealkylation sites (tertiary alicyclic amines) is 1. The Kier molecular flexibility index (Phi) is 9.77. The van der Waals surface area contributed by atoms with Gasteiger partial charge in [0.15, 0.2) is 0 Å². The molecule has 0 spiro atoms. The first kappa shape index (κ1) is 33.5. The predicted octanol–water partition coefficient (Wildman–Crippen LogP) is 4.91. The van der Waals surface area contributed by atoms with E-state index in [4.69, 9.17) is 9.47 Å². The molecule has 3 aliphatic heterocycles. The van der Waals surface area contributed by atoms with Gasteiger partial charge in [0.1, 0.15) is 5.75 Å². The Balaban J connectivity index is 1.30. The van der Waals surface area contributed by atoms with Gasteiger partial charge >= 0.3 is 12.1 Å². The van der Waals surface area contributed by atoms with Gasteiger partial charge in [-0.15, -0.1) is 0 Å². The van der Waals surface area contributed by atoms with Crippen LogP contribution in [0.2, 0.25) is 0 Å². The number of hydrogen-bond donors (Lipinski definition) is 1. The van der Waals surface area contributed by atoms with Crippen molar-refractivity contribution in [2.75, 3.05) is 69.9 Å². The summed E-state index contributed by atoms with van der Waals surface area (Å²) >= 11 is 0. The van der Waals surface area contributed by atoms with Crippen molar-refractivity contribution in [3.63, 3.8) is 0 Å². The van der Waals surface area contributed by atoms with Crippen molar-refractivity contribution in [2.24, 2.45) is 17.8 Å². The first-order chi connectivity index (χ1) is 23.1. The van der Waals surface area contributed by atoms with Crippen LogP contribution in [0.4, 0.5) is 24.8 Å². The van der Waals surface area contributed by atoms with Crippen LogP contribution in [-0.4, -0.2) is 91.9 Å². The number of carboxylic acids is 1. The summed E-state index contributed by atoms with van der Waals surface area (Å²) in [5.41, 5.74) is 1.39. The number of benzene rings is 2. The zero-order valence-electron chi connectivity index (χ0n) is 27.0. The Morgan fingerprint density at radius 3 is 2.25 bits per heavy atom. The molecule has 1 amide bonds. The summed E-state index contributed by atoms with van der Waals surface area (Å²) in [6.45, 7) is 2.67. The monoisotopic (exact) mass is 667 g/mol. The molecule has 3 fully saturated rings. The lowest BCUT2D eigenvalue weighted by atomic mass is 9.86. The summed E-state index contributed by atoms with van der Waals surface area (Å²) in [5.74, 6) is -1.18. The molecule has 0 radical (unpaired) electrons. The fraction of sp³-hybridized carbons (Fsp3) is 0.486. The molecule has 0 unspecified atom stereocenters. The van der Waals surface area contributed by atoms with E-state index >= 15 is 0 Å². The Hall–Kier alpha value is -4.39. The molecule has 10 nitrogen and oxygen atoms in total. The molecule has 1 N–H and O–H groups in total. The van der Waals surface area contributed by atoms with E-state index in [9.17, 15) is 27.9 Å². The van der Waals surface area contributed by atoms with Crippen LogP contribution in [0.3, 0.4) is 0 Å². The van der Waals surface area contributed by atoms with Gasteiger partial charge in [-0.2, -0.15) is 13.2 Å². The van der Waals surface area contributed by atoms with Crippen molar-refractivity contribution in [2.45, 2.75) is 30.9 Å². The lowest BCUT2D eigenvalue weighted by Gasteiger charge is -2.35. The van der Waals surface area contributed by atoms with Gasteiger partial charge in [-0.3, -0.25) is 9.59 Å². The largest absolute Gasteiger partial charge is 0.497 e. The van der Waals surface area contributed by atoms with Gasteiger partial charge in [-0.1, -0.05) is 18.2 Å². The Morgan fingerprint density at radius 1 is 0.917 bits per heavy atom. The lowest BCUT2D eigenvalue weighted by molar-refractivity contribution is -0.142. The SMILES string of the molecule is COC[C@H]1CN(C(=O)[C@@H]2CN(c3ncccn3)C[C@H]2c2ccc(OC)cc2)C[C@@H]1c1ccc(C(F)(F)F)cc1N1CCC(C(=O)O)CC1. The molecular formula is C35H40F3N5O5. The summed E-state index contributed by atoms with van der Waals surface area (Å²) in [6, 6.07) is 13.3. The molecule has 0 bridgehead atoms. The summed E-state index contributed by atoms with van der Waals surface area (Å²) in [7, 11) is 3.19. The average molecular weight is 668 g/mol. The second kappa shape index (κ2) is 14.0. The van der Waals surface area contributed by atoms with Crippen LogP contribution >= 0.6 is 0 Å². The summed E-state index contributed by atoms with van der Waals surface area (Å²) < 4.78 is 52.7. The molecular weight excluding hydrogens is 627 g/mol. The fourth-order valence-electron chi connectivity index (χ4n) is 7.56. The number of aromatic nitrogens is 2. The summed E-state index contributed by atoms with van der Waals surface area (Å²) in [6.07, 6.45) is -0.503. The molecule has 1 aromatic heterocycles. The van der Waals surface area contributed by atoms with E-state index in [0.717, 1.165) is 11.6 Å². The minimum Gasteiger partial charge on any atom is -0.497 e. The first-order valence-corrected chi connectivity index (χ1v) is 16.2. The molecule has 48 heavy (non-hydrogen) atoms. The van der Waals surface area contributed by atoms with Crippen molar-refractivity contribution in [3.8, 4) is 5.75 Å².